The summed E-state index contributed by atoms with van der Waals surface area (Å²) in [6.45, 7) is 2.24. The summed E-state index contributed by atoms with van der Waals surface area (Å²) in [5.74, 6) is 0. The molecule has 2 rings (SSSR count). The normalized spacial score (nSPS) is 16.5. The molecule has 0 N–H and O–H groups in total. The van der Waals surface area contributed by atoms with Gasteiger partial charge in [-0.1, -0.05) is 0 Å². The molecule has 0 spiro atoms. The molecule has 1 saturated heterocycles. The average Bonchev–Trinajstić information content (AvgIpc) is 2.30. The van der Waals surface area contributed by atoms with Gasteiger partial charge in [0.1, 0.15) is 0 Å². The van der Waals surface area contributed by atoms with Gasteiger partial charge in [0.05, 0.1) is 0 Å². The molecule has 1 aromatic rings. The molecule has 0 aromatic heterocycles. The lowest BCUT2D eigenvalue weighted by atomic mass is 10.1. The van der Waals surface area contributed by atoms with Crippen LogP contribution in [0, 0.1) is 0 Å². The number of piperidine rings is 1. The molecule has 1 heterocycles. The van der Waals surface area contributed by atoms with Crippen molar-refractivity contribution < 1.29 is 4.79 Å². The quantitative estimate of drug-likeness (QED) is 0.719. The molecule has 0 saturated carbocycles. The molecule has 0 unspecified atom stereocenters. The first kappa shape index (κ1) is 10.5. The predicted molar refractivity (Wildman–Crippen MR) is 62.7 cm³/mol. The number of hydrogen-bond acceptors (Lipinski definition) is 2. The Bertz CT molecular complexity index is 341. The zero-order valence-electron chi connectivity index (χ0n) is 8.58. The van der Waals surface area contributed by atoms with Crippen LogP contribution in [0.4, 0.5) is 5.69 Å². The van der Waals surface area contributed by atoms with E-state index in [0.29, 0.717) is 5.56 Å². The molecule has 0 atom stereocenters. The average molecular weight is 224 g/mol. The number of anilines is 1. The van der Waals surface area contributed by atoms with Gasteiger partial charge in [0.25, 0.3) is 5.24 Å². The molecular weight excluding hydrogens is 210 g/mol. The van der Waals surface area contributed by atoms with Crippen molar-refractivity contribution in [2.45, 2.75) is 19.3 Å². The van der Waals surface area contributed by atoms with Crippen molar-refractivity contribution in [3.8, 4) is 0 Å². The molecule has 80 valence electrons. The van der Waals surface area contributed by atoms with E-state index < -0.39 is 0 Å². The van der Waals surface area contributed by atoms with Crippen LogP contribution in [0.1, 0.15) is 29.6 Å². The van der Waals surface area contributed by atoms with Crippen LogP contribution in [-0.4, -0.2) is 18.3 Å². The summed E-state index contributed by atoms with van der Waals surface area (Å²) < 4.78 is 0. The highest BCUT2D eigenvalue weighted by molar-refractivity contribution is 6.67. The van der Waals surface area contributed by atoms with Crippen molar-refractivity contribution in [3.05, 3.63) is 29.8 Å². The molecule has 0 radical (unpaired) electrons. The SMILES string of the molecule is O=C(Cl)c1ccc(N2CCCCC2)cc1. The first-order chi connectivity index (χ1) is 7.27. The molecular formula is C12H14ClNO. The highest BCUT2D eigenvalue weighted by Gasteiger charge is 2.11. The fraction of sp³-hybridized carbons (Fsp3) is 0.417. The third-order valence-corrected chi connectivity index (χ3v) is 3.03. The van der Waals surface area contributed by atoms with Gasteiger partial charge in [-0.25, -0.2) is 0 Å². The van der Waals surface area contributed by atoms with Crippen LogP contribution >= 0.6 is 11.6 Å². The fourth-order valence-corrected chi connectivity index (χ4v) is 2.08. The second-order valence-electron chi connectivity index (χ2n) is 3.87. The number of rotatable bonds is 2. The smallest absolute Gasteiger partial charge is 0.252 e. The summed E-state index contributed by atoms with van der Waals surface area (Å²) in [4.78, 5) is 13.2. The predicted octanol–water partition coefficient (Wildman–Crippen LogP) is 3.06. The molecule has 1 aliphatic rings. The standard InChI is InChI=1S/C12H14ClNO/c13-12(15)10-4-6-11(7-5-10)14-8-2-1-3-9-14/h4-7H,1-3,8-9H2. The Morgan fingerprint density at radius 3 is 2.20 bits per heavy atom. The molecule has 3 heteroatoms. The van der Waals surface area contributed by atoms with Gasteiger partial charge >= 0.3 is 0 Å². The van der Waals surface area contributed by atoms with Gasteiger partial charge in [-0.3, -0.25) is 4.79 Å². The van der Waals surface area contributed by atoms with Crippen LogP contribution in [0.5, 0.6) is 0 Å². The Morgan fingerprint density at radius 2 is 1.67 bits per heavy atom. The van der Waals surface area contributed by atoms with Gasteiger partial charge in [0.2, 0.25) is 0 Å². The van der Waals surface area contributed by atoms with E-state index in [0.717, 1.165) is 13.1 Å². The van der Waals surface area contributed by atoms with Gasteiger partial charge in [-0.05, 0) is 55.1 Å². The van der Waals surface area contributed by atoms with Crippen LogP contribution in [-0.2, 0) is 0 Å². The summed E-state index contributed by atoms with van der Waals surface area (Å²) in [7, 11) is 0. The van der Waals surface area contributed by atoms with E-state index in [9.17, 15) is 4.79 Å². The van der Waals surface area contributed by atoms with E-state index in [4.69, 9.17) is 11.6 Å². The van der Waals surface area contributed by atoms with Crippen molar-refractivity contribution in [1.82, 2.24) is 0 Å². The van der Waals surface area contributed by atoms with E-state index in [1.54, 1.807) is 12.1 Å². The number of benzene rings is 1. The number of nitrogens with zero attached hydrogens (tertiary/aromatic N) is 1. The molecule has 15 heavy (non-hydrogen) atoms. The molecule has 2 nitrogen and oxygen atoms in total. The zero-order chi connectivity index (χ0) is 10.7. The maximum absolute atomic E-state index is 10.9. The lowest BCUT2D eigenvalue weighted by molar-refractivity contribution is 0.108. The Morgan fingerprint density at radius 1 is 1.07 bits per heavy atom. The Kier molecular flexibility index (Phi) is 3.27. The maximum Gasteiger partial charge on any atom is 0.252 e. The first-order valence-corrected chi connectivity index (χ1v) is 5.70. The first-order valence-electron chi connectivity index (χ1n) is 5.32. The van der Waals surface area contributed by atoms with Crippen LogP contribution in [0.25, 0.3) is 0 Å². The van der Waals surface area contributed by atoms with Crippen molar-refractivity contribution >= 4 is 22.5 Å². The van der Waals surface area contributed by atoms with Gasteiger partial charge in [-0.2, -0.15) is 0 Å². The van der Waals surface area contributed by atoms with Crippen LogP contribution in [0.2, 0.25) is 0 Å². The molecule has 1 fully saturated rings. The third-order valence-electron chi connectivity index (χ3n) is 2.82. The van der Waals surface area contributed by atoms with Gasteiger partial charge < -0.3 is 4.90 Å². The number of carbonyl (C=O) groups is 1. The molecule has 1 aliphatic heterocycles. The minimum atomic E-state index is -0.389. The van der Waals surface area contributed by atoms with Crippen molar-refractivity contribution in [1.29, 1.82) is 0 Å². The third kappa shape index (κ3) is 2.51. The fourth-order valence-electron chi connectivity index (χ4n) is 1.96. The van der Waals surface area contributed by atoms with E-state index in [1.165, 1.54) is 24.9 Å². The zero-order valence-corrected chi connectivity index (χ0v) is 9.33. The largest absolute Gasteiger partial charge is 0.372 e. The van der Waals surface area contributed by atoms with Gasteiger partial charge in [0, 0.05) is 24.3 Å². The van der Waals surface area contributed by atoms with E-state index in [1.807, 2.05) is 12.1 Å². The second kappa shape index (κ2) is 4.67. The summed E-state index contributed by atoms with van der Waals surface area (Å²) in [6.07, 6.45) is 3.85. The van der Waals surface area contributed by atoms with Crippen LogP contribution in [0.15, 0.2) is 24.3 Å². The number of hydrogen-bond donors (Lipinski definition) is 0. The minimum absolute atomic E-state index is 0.389. The molecule has 0 aliphatic carbocycles. The highest BCUT2D eigenvalue weighted by Crippen LogP contribution is 2.20. The number of carbonyl (C=O) groups excluding carboxylic acids is 1. The summed E-state index contributed by atoms with van der Waals surface area (Å²) in [6, 6.07) is 7.53. The highest BCUT2D eigenvalue weighted by atomic mass is 35.5. The Balaban J connectivity index is 2.11. The topological polar surface area (TPSA) is 20.3 Å². The van der Waals surface area contributed by atoms with E-state index in [2.05, 4.69) is 4.90 Å². The molecule has 0 bridgehead atoms. The van der Waals surface area contributed by atoms with Crippen LogP contribution in [0.3, 0.4) is 0 Å². The Hall–Kier alpha value is -1.02. The monoisotopic (exact) mass is 223 g/mol. The van der Waals surface area contributed by atoms with Gasteiger partial charge in [0.15, 0.2) is 0 Å². The van der Waals surface area contributed by atoms with Crippen molar-refractivity contribution in [2.24, 2.45) is 0 Å². The van der Waals surface area contributed by atoms with E-state index >= 15 is 0 Å². The Labute approximate surface area is 94.8 Å². The maximum atomic E-state index is 10.9. The van der Waals surface area contributed by atoms with E-state index in [-0.39, 0.29) is 5.24 Å². The van der Waals surface area contributed by atoms with Crippen molar-refractivity contribution in [3.63, 3.8) is 0 Å². The lowest BCUT2D eigenvalue weighted by Crippen LogP contribution is -2.29. The molecule has 1 aromatic carbocycles. The summed E-state index contributed by atoms with van der Waals surface area (Å²) in [5.41, 5.74) is 1.76. The number of halogens is 1. The molecule has 0 amide bonds. The van der Waals surface area contributed by atoms with Gasteiger partial charge in [-0.15, -0.1) is 0 Å². The second-order valence-corrected chi connectivity index (χ2v) is 4.21. The summed E-state index contributed by atoms with van der Waals surface area (Å²) in [5, 5.41) is -0.389. The summed E-state index contributed by atoms with van der Waals surface area (Å²) >= 11 is 5.39. The lowest BCUT2D eigenvalue weighted by Gasteiger charge is -2.28. The van der Waals surface area contributed by atoms with Crippen LogP contribution < -0.4 is 4.90 Å². The minimum Gasteiger partial charge on any atom is -0.372 e. The van der Waals surface area contributed by atoms with Crippen molar-refractivity contribution in [2.75, 3.05) is 18.0 Å².